The average molecular weight is 236 g/mol. The van der Waals surface area contributed by atoms with Crippen LogP contribution < -0.4 is 5.32 Å². The van der Waals surface area contributed by atoms with Crippen molar-refractivity contribution in [2.75, 3.05) is 6.54 Å². The molecule has 0 saturated heterocycles. The summed E-state index contributed by atoms with van der Waals surface area (Å²) >= 11 is 0. The molecule has 96 valence electrons. The van der Waals surface area contributed by atoms with Crippen LogP contribution in [0.4, 0.5) is 0 Å². The van der Waals surface area contributed by atoms with Gasteiger partial charge in [-0.25, -0.2) is 4.68 Å². The van der Waals surface area contributed by atoms with Crippen LogP contribution in [-0.4, -0.2) is 21.5 Å². The van der Waals surface area contributed by atoms with E-state index in [2.05, 4.69) is 34.2 Å². The van der Waals surface area contributed by atoms with Crippen LogP contribution >= 0.6 is 0 Å². The topological polar surface area (TPSA) is 42.7 Å². The molecule has 1 aliphatic rings. The maximum atomic E-state index is 4.20. The van der Waals surface area contributed by atoms with Crippen LogP contribution in [0.15, 0.2) is 6.20 Å². The third kappa shape index (κ3) is 2.86. The highest BCUT2D eigenvalue weighted by Crippen LogP contribution is 2.37. The van der Waals surface area contributed by atoms with Gasteiger partial charge in [0, 0.05) is 6.54 Å². The van der Waals surface area contributed by atoms with Crippen molar-refractivity contribution in [1.82, 2.24) is 20.3 Å². The van der Waals surface area contributed by atoms with E-state index in [0.29, 0.717) is 6.04 Å². The largest absolute Gasteiger partial charge is 0.308 e. The number of nitrogens with zero attached hydrogens (tertiary/aromatic N) is 3. The van der Waals surface area contributed by atoms with Crippen LogP contribution in [0.2, 0.25) is 0 Å². The van der Waals surface area contributed by atoms with Gasteiger partial charge in [-0.2, -0.15) is 0 Å². The molecule has 0 bridgehead atoms. The monoisotopic (exact) mass is 236 g/mol. The van der Waals surface area contributed by atoms with E-state index in [4.69, 9.17) is 0 Å². The van der Waals surface area contributed by atoms with E-state index in [1.54, 1.807) is 0 Å². The summed E-state index contributed by atoms with van der Waals surface area (Å²) in [6.45, 7) is 6.46. The first-order valence-electron chi connectivity index (χ1n) is 6.98. The zero-order chi connectivity index (χ0) is 12.1. The van der Waals surface area contributed by atoms with Crippen LogP contribution in [0.3, 0.4) is 0 Å². The van der Waals surface area contributed by atoms with Crippen molar-refractivity contribution in [1.29, 1.82) is 0 Å². The van der Waals surface area contributed by atoms with Crippen LogP contribution in [0.5, 0.6) is 0 Å². The van der Waals surface area contributed by atoms with E-state index >= 15 is 0 Å². The number of rotatable bonds is 7. The standard InChI is InChI=1S/C13H24N4/c1-3-8-14-13(11-6-5-7-11)12-10-15-16-17(12)9-4-2/h10-11,13-14H,3-9H2,1-2H3. The highest BCUT2D eigenvalue weighted by atomic mass is 15.4. The lowest BCUT2D eigenvalue weighted by Crippen LogP contribution is -2.34. The molecule has 0 amide bonds. The summed E-state index contributed by atoms with van der Waals surface area (Å²) < 4.78 is 2.08. The summed E-state index contributed by atoms with van der Waals surface area (Å²) in [5.41, 5.74) is 1.28. The van der Waals surface area contributed by atoms with Gasteiger partial charge >= 0.3 is 0 Å². The highest BCUT2D eigenvalue weighted by Gasteiger charge is 2.30. The molecule has 0 spiro atoms. The van der Waals surface area contributed by atoms with Crippen molar-refractivity contribution < 1.29 is 0 Å². The first kappa shape index (κ1) is 12.6. The number of hydrogen-bond donors (Lipinski definition) is 1. The van der Waals surface area contributed by atoms with Gasteiger partial charge in [-0.1, -0.05) is 25.5 Å². The Hall–Kier alpha value is -0.900. The van der Waals surface area contributed by atoms with Crippen molar-refractivity contribution in [3.05, 3.63) is 11.9 Å². The Morgan fingerprint density at radius 1 is 1.41 bits per heavy atom. The summed E-state index contributed by atoms with van der Waals surface area (Å²) in [6, 6.07) is 0.463. The normalized spacial score (nSPS) is 18.0. The Labute approximate surface area is 104 Å². The number of aromatic nitrogens is 3. The number of aryl methyl sites for hydroxylation is 1. The number of hydrogen-bond acceptors (Lipinski definition) is 3. The summed E-state index contributed by atoms with van der Waals surface area (Å²) in [5, 5.41) is 12.0. The second-order valence-electron chi connectivity index (χ2n) is 5.00. The Balaban J connectivity index is 2.09. The van der Waals surface area contributed by atoms with Gasteiger partial charge in [-0.15, -0.1) is 5.10 Å². The van der Waals surface area contributed by atoms with E-state index in [1.807, 2.05) is 6.20 Å². The second-order valence-corrected chi connectivity index (χ2v) is 5.00. The second kappa shape index (κ2) is 6.15. The molecule has 1 atom stereocenters. The van der Waals surface area contributed by atoms with Crippen LogP contribution in [0, 0.1) is 5.92 Å². The molecule has 4 heteroatoms. The number of nitrogens with one attached hydrogen (secondary N) is 1. The third-order valence-electron chi connectivity index (χ3n) is 3.64. The lowest BCUT2D eigenvalue weighted by Gasteiger charge is -2.34. The van der Waals surface area contributed by atoms with Gasteiger partial charge in [0.15, 0.2) is 0 Å². The fourth-order valence-electron chi connectivity index (χ4n) is 2.48. The van der Waals surface area contributed by atoms with E-state index in [-0.39, 0.29) is 0 Å². The zero-order valence-electron chi connectivity index (χ0n) is 11.0. The molecular weight excluding hydrogens is 212 g/mol. The van der Waals surface area contributed by atoms with Crippen molar-refractivity contribution in [3.63, 3.8) is 0 Å². The maximum absolute atomic E-state index is 4.20. The molecule has 17 heavy (non-hydrogen) atoms. The molecule has 1 saturated carbocycles. The van der Waals surface area contributed by atoms with Crippen molar-refractivity contribution in [2.45, 2.75) is 58.5 Å². The van der Waals surface area contributed by atoms with Gasteiger partial charge < -0.3 is 5.32 Å². The van der Waals surface area contributed by atoms with Crippen molar-refractivity contribution >= 4 is 0 Å². The molecular formula is C13H24N4. The van der Waals surface area contributed by atoms with Gasteiger partial charge in [-0.3, -0.25) is 0 Å². The van der Waals surface area contributed by atoms with Crippen LogP contribution in [0.25, 0.3) is 0 Å². The molecule has 1 aliphatic carbocycles. The predicted molar refractivity (Wildman–Crippen MR) is 68.7 cm³/mol. The smallest absolute Gasteiger partial charge is 0.0759 e. The van der Waals surface area contributed by atoms with E-state index in [1.165, 1.54) is 31.4 Å². The van der Waals surface area contributed by atoms with Crippen molar-refractivity contribution in [3.8, 4) is 0 Å². The Bertz CT molecular complexity index is 330. The molecule has 1 unspecified atom stereocenters. The van der Waals surface area contributed by atoms with Gasteiger partial charge in [0.1, 0.15) is 0 Å². The minimum absolute atomic E-state index is 0.463. The minimum Gasteiger partial charge on any atom is -0.308 e. The molecule has 4 nitrogen and oxygen atoms in total. The van der Waals surface area contributed by atoms with E-state index in [9.17, 15) is 0 Å². The maximum Gasteiger partial charge on any atom is 0.0759 e. The van der Waals surface area contributed by atoms with Gasteiger partial charge in [0.2, 0.25) is 0 Å². The van der Waals surface area contributed by atoms with Crippen LogP contribution in [-0.2, 0) is 6.54 Å². The lowest BCUT2D eigenvalue weighted by molar-refractivity contribution is 0.221. The Kier molecular flexibility index (Phi) is 4.54. The fraction of sp³-hybridized carbons (Fsp3) is 0.846. The predicted octanol–water partition coefficient (Wildman–Crippen LogP) is 2.53. The van der Waals surface area contributed by atoms with Gasteiger partial charge in [0.05, 0.1) is 17.9 Å². The third-order valence-corrected chi connectivity index (χ3v) is 3.64. The Morgan fingerprint density at radius 3 is 2.82 bits per heavy atom. The highest BCUT2D eigenvalue weighted by molar-refractivity contribution is 5.06. The molecule has 0 aliphatic heterocycles. The molecule has 2 rings (SSSR count). The first-order chi connectivity index (χ1) is 8.36. The summed E-state index contributed by atoms with van der Waals surface area (Å²) in [6.07, 6.45) is 8.31. The summed E-state index contributed by atoms with van der Waals surface area (Å²) in [7, 11) is 0. The van der Waals surface area contributed by atoms with Crippen molar-refractivity contribution in [2.24, 2.45) is 5.92 Å². The molecule has 1 fully saturated rings. The SMILES string of the molecule is CCCNC(c1cnnn1CCC)C1CCC1. The summed E-state index contributed by atoms with van der Waals surface area (Å²) in [4.78, 5) is 0. The average Bonchev–Trinajstić information content (AvgIpc) is 2.70. The summed E-state index contributed by atoms with van der Waals surface area (Å²) in [5.74, 6) is 0.788. The van der Waals surface area contributed by atoms with Crippen LogP contribution in [0.1, 0.15) is 57.7 Å². The molecule has 0 radical (unpaired) electrons. The molecule has 1 aromatic heterocycles. The minimum atomic E-state index is 0.463. The van der Waals surface area contributed by atoms with Gasteiger partial charge in [0.25, 0.3) is 0 Å². The first-order valence-corrected chi connectivity index (χ1v) is 6.98. The van der Waals surface area contributed by atoms with E-state index < -0.39 is 0 Å². The van der Waals surface area contributed by atoms with Gasteiger partial charge in [-0.05, 0) is 38.1 Å². The Morgan fingerprint density at radius 2 is 2.24 bits per heavy atom. The lowest BCUT2D eigenvalue weighted by atomic mass is 9.78. The zero-order valence-corrected chi connectivity index (χ0v) is 11.0. The quantitative estimate of drug-likeness (QED) is 0.791. The fourth-order valence-corrected chi connectivity index (χ4v) is 2.48. The molecule has 0 aromatic carbocycles. The molecule has 1 N–H and O–H groups in total. The molecule has 1 heterocycles. The molecule has 1 aromatic rings. The van der Waals surface area contributed by atoms with E-state index in [0.717, 1.165) is 25.4 Å².